The van der Waals surface area contributed by atoms with Crippen LogP contribution in [0.3, 0.4) is 0 Å². The van der Waals surface area contributed by atoms with Crippen molar-refractivity contribution in [1.82, 2.24) is 5.12 Å². The summed E-state index contributed by atoms with van der Waals surface area (Å²) in [5, 5.41) is 6.09. The summed E-state index contributed by atoms with van der Waals surface area (Å²) in [4.78, 5) is 0. The van der Waals surface area contributed by atoms with Crippen molar-refractivity contribution >= 4 is 27.6 Å². The highest BCUT2D eigenvalue weighted by Gasteiger charge is 2.21. The number of fused-ring (bicyclic) bond motifs is 3. The monoisotopic (exact) mass is 340 g/mol. The summed E-state index contributed by atoms with van der Waals surface area (Å²) in [6.45, 7) is 8.65. The topological polar surface area (TPSA) is 28.4 Å². The largest absolute Gasteiger partial charge is 0.456 e. The lowest BCUT2D eigenvalue weighted by molar-refractivity contribution is 0.128. The van der Waals surface area contributed by atoms with Crippen LogP contribution in [0.4, 0.5) is 10.2 Å². The van der Waals surface area contributed by atoms with Gasteiger partial charge in [0.1, 0.15) is 11.2 Å². The first-order valence-electron chi connectivity index (χ1n) is 8.70. The molecule has 0 aliphatic heterocycles. The molecule has 0 amide bonds. The molecule has 0 saturated heterocycles. The van der Waals surface area contributed by atoms with Crippen LogP contribution < -0.4 is 5.32 Å². The van der Waals surface area contributed by atoms with E-state index in [-0.39, 0.29) is 5.92 Å². The summed E-state index contributed by atoms with van der Waals surface area (Å²) in [5.41, 5.74) is 5.14. The first kappa shape index (κ1) is 17.3. The second-order valence-corrected chi connectivity index (χ2v) is 7.02. The summed E-state index contributed by atoms with van der Waals surface area (Å²) in [6.07, 6.45) is 2.98. The van der Waals surface area contributed by atoms with Gasteiger partial charge < -0.3 is 9.73 Å². The first-order chi connectivity index (χ1) is 11.9. The van der Waals surface area contributed by atoms with Crippen LogP contribution in [0, 0.1) is 0 Å². The van der Waals surface area contributed by atoms with Crippen molar-refractivity contribution in [3.05, 3.63) is 53.9 Å². The molecule has 0 atom stereocenters. The number of anilines is 1. The van der Waals surface area contributed by atoms with Gasteiger partial charge in [-0.25, -0.2) is 5.12 Å². The van der Waals surface area contributed by atoms with Crippen molar-refractivity contribution in [1.29, 1.82) is 0 Å². The fourth-order valence-electron chi connectivity index (χ4n) is 3.30. The Hall–Kier alpha value is -2.49. The Morgan fingerprint density at radius 1 is 1.08 bits per heavy atom. The van der Waals surface area contributed by atoms with Gasteiger partial charge in [-0.2, -0.15) is 0 Å². The van der Waals surface area contributed by atoms with Gasteiger partial charge in [0.15, 0.2) is 0 Å². The lowest BCUT2D eigenvalue weighted by Gasteiger charge is -2.20. The zero-order chi connectivity index (χ0) is 18.1. The molecule has 0 spiro atoms. The van der Waals surface area contributed by atoms with E-state index in [4.69, 9.17) is 4.42 Å². The van der Waals surface area contributed by atoms with Crippen LogP contribution in [-0.2, 0) is 0 Å². The van der Waals surface area contributed by atoms with Crippen LogP contribution in [0.25, 0.3) is 21.9 Å². The molecule has 132 valence electrons. The minimum absolute atomic E-state index is 0.265. The molecule has 1 heterocycles. The maximum atomic E-state index is 13.0. The third-order valence-corrected chi connectivity index (χ3v) is 4.44. The lowest BCUT2D eigenvalue weighted by Crippen LogP contribution is -2.05. The van der Waals surface area contributed by atoms with E-state index in [1.807, 2.05) is 18.2 Å². The fourth-order valence-corrected chi connectivity index (χ4v) is 3.30. The van der Waals surface area contributed by atoms with E-state index in [1.165, 1.54) is 18.8 Å². The number of halogens is 1. The van der Waals surface area contributed by atoms with Crippen LogP contribution in [0.1, 0.15) is 50.7 Å². The van der Waals surface area contributed by atoms with E-state index >= 15 is 0 Å². The van der Waals surface area contributed by atoms with Gasteiger partial charge in [-0.05, 0) is 29.5 Å². The number of furan rings is 1. The average molecular weight is 340 g/mol. The van der Waals surface area contributed by atoms with Crippen molar-refractivity contribution < 1.29 is 8.90 Å². The zero-order valence-corrected chi connectivity index (χ0v) is 15.4. The van der Waals surface area contributed by atoms with Gasteiger partial charge in [0.2, 0.25) is 0 Å². The Bertz CT molecular complexity index is 922. The Morgan fingerprint density at radius 2 is 1.80 bits per heavy atom. The third kappa shape index (κ3) is 3.21. The highest BCUT2D eigenvalue weighted by Crippen LogP contribution is 2.42. The Labute approximate surface area is 148 Å². The molecule has 0 aliphatic carbocycles. The van der Waals surface area contributed by atoms with Crippen LogP contribution in [-0.4, -0.2) is 12.2 Å². The molecule has 0 aliphatic rings. The van der Waals surface area contributed by atoms with Gasteiger partial charge in [0.05, 0.1) is 0 Å². The van der Waals surface area contributed by atoms with E-state index in [9.17, 15) is 4.48 Å². The minimum atomic E-state index is 0.265. The summed E-state index contributed by atoms with van der Waals surface area (Å²) >= 11 is 0. The standard InChI is InChI=1S/C21H25FN2O/c1-13(2)16-12-17-15-8-6-7-9-18(15)25-21(17)19(14(3)4)20(16)23-10-11-24(5)22/h6-14,23H,1-5H3/b11-10-. The Kier molecular flexibility index (Phi) is 4.71. The molecule has 25 heavy (non-hydrogen) atoms. The number of para-hydroxylation sites is 1. The smallest absolute Gasteiger partial charge is 0.140 e. The normalized spacial score (nSPS) is 12.2. The molecule has 3 aromatic rings. The molecule has 3 nitrogen and oxygen atoms in total. The Balaban J connectivity index is 2.32. The van der Waals surface area contributed by atoms with Gasteiger partial charge in [0.25, 0.3) is 0 Å². The van der Waals surface area contributed by atoms with Crippen molar-refractivity contribution in [2.45, 2.75) is 39.5 Å². The number of rotatable bonds is 5. The summed E-state index contributed by atoms with van der Waals surface area (Å²) < 4.78 is 19.2. The third-order valence-electron chi connectivity index (χ3n) is 4.44. The van der Waals surface area contributed by atoms with E-state index < -0.39 is 0 Å². The van der Waals surface area contributed by atoms with E-state index in [1.54, 1.807) is 6.20 Å². The minimum Gasteiger partial charge on any atom is -0.456 e. The molecular formula is C21H25FN2O. The highest BCUT2D eigenvalue weighted by molar-refractivity contribution is 6.08. The molecule has 1 aromatic heterocycles. The molecule has 1 N–H and O–H groups in total. The van der Waals surface area contributed by atoms with Gasteiger partial charge in [0, 0.05) is 41.5 Å². The second kappa shape index (κ2) is 6.79. The molecule has 0 fully saturated rings. The average Bonchev–Trinajstić information content (AvgIpc) is 2.91. The van der Waals surface area contributed by atoms with Crippen LogP contribution in [0.15, 0.2) is 47.1 Å². The second-order valence-electron chi connectivity index (χ2n) is 7.02. The van der Waals surface area contributed by atoms with Crippen molar-refractivity contribution in [2.75, 3.05) is 12.4 Å². The van der Waals surface area contributed by atoms with Crippen molar-refractivity contribution in [3.8, 4) is 0 Å². The zero-order valence-electron chi connectivity index (χ0n) is 15.4. The number of benzene rings is 2. The summed E-state index contributed by atoms with van der Waals surface area (Å²) in [7, 11) is 1.35. The van der Waals surface area contributed by atoms with Crippen molar-refractivity contribution in [2.24, 2.45) is 0 Å². The summed E-state index contributed by atoms with van der Waals surface area (Å²) in [6, 6.07) is 10.3. The van der Waals surface area contributed by atoms with Crippen molar-refractivity contribution in [3.63, 3.8) is 0 Å². The van der Waals surface area contributed by atoms with Gasteiger partial charge in [-0.1, -0.05) is 45.9 Å². The number of hydrogen-bond donors (Lipinski definition) is 1. The van der Waals surface area contributed by atoms with Gasteiger partial charge in [-0.3, -0.25) is 0 Å². The molecule has 0 bridgehead atoms. The number of nitrogens with one attached hydrogen (secondary N) is 1. The maximum absolute atomic E-state index is 13.0. The van der Waals surface area contributed by atoms with Gasteiger partial charge >= 0.3 is 0 Å². The SMILES string of the molecule is CC(C)c1cc2c(oc3ccccc32)c(C(C)C)c1N/C=C\N(C)F. The van der Waals surface area contributed by atoms with Gasteiger partial charge in [-0.15, -0.1) is 4.48 Å². The van der Waals surface area contributed by atoms with E-state index in [0.29, 0.717) is 11.0 Å². The highest BCUT2D eigenvalue weighted by atomic mass is 19.2. The number of hydrogen-bond acceptors (Lipinski definition) is 3. The van der Waals surface area contributed by atoms with Crippen LogP contribution in [0.2, 0.25) is 0 Å². The number of nitrogens with zero attached hydrogens (tertiary/aromatic N) is 1. The van der Waals surface area contributed by atoms with E-state index in [0.717, 1.165) is 33.2 Å². The molecule has 3 rings (SSSR count). The molecule has 4 heteroatoms. The molecule has 2 aromatic carbocycles. The summed E-state index contributed by atoms with van der Waals surface area (Å²) in [5.74, 6) is 0.593. The predicted molar refractivity (Wildman–Crippen MR) is 104 cm³/mol. The van der Waals surface area contributed by atoms with E-state index in [2.05, 4.69) is 45.1 Å². The van der Waals surface area contributed by atoms with Crippen LogP contribution in [0.5, 0.6) is 0 Å². The molecule has 0 unspecified atom stereocenters. The maximum Gasteiger partial charge on any atom is 0.140 e. The molecular weight excluding hydrogens is 315 g/mol. The Morgan fingerprint density at radius 3 is 2.44 bits per heavy atom. The lowest BCUT2D eigenvalue weighted by atomic mass is 9.90. The first-order valence-corrected chi connectivity index (χ1v) is 8.70. The van der Waals surface area contributed by atoms with Crippen LogP contribution >= 0.6 is 0 Å². The molecule has 0 saturated carbocycles. The quantitative estimate of drug-likeness (QED) is 0.535. The predicted octanol–water partition coefficient (Wildman–Crippen LogP) is 6.53. The fraction of sp³-hybridized carbons (Fsp3) is 0.333. The molecule has 0 radical (unpaired) electrons.